The van der Waals surface area contributed by atoms with E-state index in [1.165, 1.54) is 5.56 Å². The smallest absolute Gasteiger partial charge is 0.227 e. The number of benzene rings is 2. The van der Waals surface area contributed by atoms with Crippen LogP contribution in [0.15, 0.2) is 48.5 Å². The van der Waals surface area contributed by atoms with Crippen LogP contribution in [0.3, 0.4) is 0 Å². The zero-order chi connectivity index (χ0) is 21.1. The number of piperidine rings is 1. The Labute approximate surface area is 179 Å². The molecule has 1 N–H and O–H groups in total. The van der Waals surface area contributed by atoms with Gasteiger partial charge in [0.1, 0.15) is 0 Å². The van der Waals surface area contributed by atoms with Gasteiger partial charge in [-0.1, -0.05) is 36.4 Å². The third-order valence-corrected chi connectivity index (χ3v) is 6.20. The standard InChI is InChI=1S/C25H31N3O2/c1-18-12-19(2)14-23(13-18)28-17-21(15-24(28)29)25(30)26-22-8-10-27(11-9-22)16-20-6-4-3-5-7-20/h3-7,12-14,21-22H,8-11,15-17H2,1-2H3,(H,26,30)/t21-/m0/s1. The lowest BCUT2D eigenvalue weighted by atomic mass is 10.0. The summed E-state index contributed by atoms with van der Waals surface area (Å²) in [5, 5.41) is 3.22. The molecule has 4 rings (SSSR count). The summed E-state index contributed by atoms with van der Waals surface area (Å²) in [5.74, 6) is -0.199. The van der Waals surface area contributed by atoms with E-state index in [0.717, 1.165) is 49.3 Å². The minimum atomic E-state index is -0.263. The lowest BCUT2D eigenvalue weighted by Gasteiger charge is -2.32. The van der Waals surface area contributed by atoms with Gasteiger partial charge in [0.15, 0.2) is 0 Å². The van der Waals surface area contributed by atoms with Crippen molar-refractivity contribution in [1.82, 2.24) is 10.2 Å². The molecule has 5 heteroatoms. The molecule has 2 saturated heterocycles. The molecule has 2 heterocycles. The Morgan fingerprint density at radius 3 is 2.37 bits per heavy atom. The van der Waals surface area contributed by atoms with Crippen LogP contribution in [0.25, 0.3) is 0 Å². The lowest BCUT2D eigenvalue weighted by molar-refractivity contribution is -0.127. The Bertz CT molecular complexity index is 884. The monoisotopic (exact) mass is 405 g/mol. The van der Waals surface area contributed by atoms with E-state index >= 15 is 0 Å². The maximum absolute atomic E-state index is 12.8. The van der Waals surface area contributed by atoms with Crippen LogP contribution in [0, 0.1) is 19.8 Å². The summed E-state index contributed by atoms with van der Waals surface area (Å²) in [6.45, 7) is 7.47. The molecule has 2 fully saturated rings. The number of hydrogen-bond donors (Lipinski definition) is 1. The molecule has 5 nitrogen and oxygen atoms in total. The molecule has 0 saturated carbocycles. The number of anilines is 1. The van der Waals surface area contributed by atoms with Gasteiger partial charge in [-0.2, -0.15) is 0 Å². The van der Waals surface area contributed by atoms with Crippen LogP contribution in [0.1, 0.15) is 36.0 Å². The average molecular weight is 406 g/mol. The van der Waals surface area contributed by atoms with Crippen LogP contribution in [0.5, 0.6) is 0 Å². The molecule has 0 aromatic heterocycles. The van der Waals surface area contributed by atoms with Crippen molar-refractivity contribution < 1.29 is 9.59 Å². The van der Waals surface area contributed by atoms with Crippen LogP contribution < -0.4 is 10.2 Å². The van der Waals surface area contributed by atoms with Crippen molar-refractivity contribution in [3.05, 3.63) is 65.2 Å². The highest BCUT2D eigenvalue weighted by Crippen LogP contribution is 2.27. The molecule has 0 bridgehead atoms. The maximum atomic E-state index is 12.8. The van der Waals surface area contributed by atoms with Crippen molar-refractivity contribution in [3.8, 4) is 0 Å². The first kappa shape index (κ1) is 20.6. The Kier molecular flexibility index (Phi) is 6.18. The second kappa shape index (κ2) is 9.00. The molecule has 30 heavy (non-hydrogen) atoms. The predicted molar refractivity (Wildman–Crippen MR) is 119 cm³/mol. The Morgan fingerprint density at radius 2 is 1.70 bits per heavy atom. The molecule has 0 radical (unpaired) electrons. The highest BCUT2D eigenvalue weighted by atomic mass is 16.2. The van der Waals surface area contributed by atoms with Crippen molar-refractivity contribution in [2.24, 2.45) is 5.92 Å². The van der Waals surface area contributed by atoms with E-state index in [2.05, 4.69) is 40.5 Å². The summed E-state index contributed by atoms with van der Waals surface area (Å²) < 4.78 is 0. The molecular formula is C25H31N3O2. The van der Waals surface area contributed by atoms with Gasteiger partial charge >= 0.3 is 0 Å². The van der Waals surface area contributed by atoms with Gasteiger partial charge in [0.25, 0.3) is 0 Å². The first-order valence-corrected chi connectivity index (χ1v) is 10.9. The fraction of sp³-hybridized carbons (Fsp3) is 0.440. The van der Waals surface area contributed by atoms with E-state index in [9.17, 15) is 9.59 Å². The SMILES string of the molecule is Cc1cc(C)cc(N2C[C@@H](C(=O)NC3CCN(Cc4ccccc4)CC3)CC2=O)c1. The van der Waals surface area contributed by atoms with Gasteiger partial charge in [-0.15, -0.1) is 0 Å². The lowest BCUT2D eigenvalue weighted by Crippen LogP contribution is -2.46. The van der Waals surface area contributed by atoms with Crippen LogP contribution in [0.2, 0.25) is 0 Å². The van der Waals surface area contributed by atoms with Gasteiger partial charge in [-0.05, 0) is 55.5 Å². The second-order valence-corrected chi connectivity index (χ2v) is 8.80. The van der Waals surface area contributed by atoms with E-state index in [-0.39, 0.29) is 23.8 Å². The number of carbonyl (C=O) groups excluding carboxylic acids is 2. The average Bonchev–Trinajstić information content (AvgIpc) is 3.11. The summed E-state index contributed by atoms with van der Waals surface area (Å²) in [4.78, 5) is 29.6. The topological polar surface area (TPSA) is 52.7 Å². The maximum Gasteiger partial charge on any atom is 0.227 e. The first-order chi connectivity index (χ1) is 14.5. The van der Waals surface area contributed by atoms with Gasteiger partial charge in [-0.3, -0.25) is 14.5 Å². The first-order valence-electron chi connectivity index (χ1n) is 10.9. The van der Waals surface area contributed by atoms with Gasteiger partial charge in [0.2, 0.25) is 11.8 Å². The molecule has 1 atom stereocenters. The molecule has 158 valence electrons. The fourth-order valence-corrected chi connectivity index (χ4v) is 4.64. The van der Waals surface area contributed by atoms with E-state index in [4.69, 9.17) is 0 Å². The van der Waals surface area contributed by atoms with Crippen LogP contribution in [-0.2, 0) is 16.1 Å². The zero-order valence-electron chi connectivity index (χ0n) is 17.9. The summed E-state index contributed by atoms with van der Waals surface area (Å²) >= 11 is 0. The van der Waals surface area contributed by atoms with Crippen LogP contribution in [-0.4, -0.2) is 42.4 Å². The Morgan fingerprint density at radius 1 is 1.03 bits per heavy atom. The highest BCUT2D eigenvalue weighted by molar-refractivity contribution is 6.00. The summed E-state index contributed by atoms with van der Waals surface area (Å²) in [6.07, 6.45) is 2.21. The Balaban J connectivity index is 1.28. The number of nitrogens with zero attached hydrogens (tertiary/aromatic N) is 2. The fourth-order valence-electron chi connectivity index (χ4n) is 4.64. The largest absolute Gasteiger partial charge is 0.353 e. The third-order valence-electron chi connectivity index (χ3n) is 6.20. The van der Waals surface area contributed by atoms with E-state index in [0.29, 0.717) is 13.0 Å². The summed E-state index contributed by atoms with van der Waals surface area (Å²) in [7, 11) is 0. The van der Waals surface area contributed by atoms with Gasteiger partial charge in [0.05, 0.1) is 5.92 Å². The van der Waals surface area contributed by atoms with Gasteiger partial charge in [0, 0.05) is 44.3 Å². The molecule has 0 aliphatic carbocycles. The minimum absolute atomic E-state index is 0.0248. The number of rotatable bonds is 5. The molecule has 2 aliphatic heterocycles. The quantitative estimate of drug-likeness (QED) is 0.829. The summed E-state index contributed by atoms with van der Waals surface area (Å²) in [5.41, 5.74) is 4.50. The normalized spacial score (nSPS) is 20.5. The number of likely N-dealkylation sites (tertiary alicyclic amines) is 1. The number of amides is 2. The number of carbonyl (C=O) groups is 2. The van der Waals surface area contributed by atoms with Crippen LogP contribution >= 0.6 is 0 Å². The van der Waals surface area contributed by atoms with Crippen molar-refractivity contribution >= 4 is 17.5 Å². The van der Waals surface area contributed by atoms with Crippen molar-refractivity contribution in [2.75, 3.05) is 24.5 Å². The van der Waals surface area contributed by atoms with Crippen molar-refractivity contribution in [2.45, 2.75) is 45.7 Å². The highest BCUT2D eigenvalue weighted by Gasteiger charge is 2.36. The van der Waals surface area contributed by atoms with E-state index in [1.54, 1.807) is 4.90 Å². The van der Waals surface area contributed by atoms with Crippen molar-refractivity contribution in [3.63, 3.8) is 0 Å². The molecule has 0 spiro atoms. The Hall–Kier alpha value is -2.66. The van der Waals surface area contributed by atoms with Gasteiger partial charge < -0.3 is 10.2 Å². The molecule has 2 amide bonds. The predicted octanol–water partition coefficient (Wildman–Crippen LogP) is 3.44. The molecule has 2 aliphatic rings. The summed E-state index contributed by atoms with van der Waals surface area (Å²) in [6, 6.07) is 16.9. The van der Waals surface area contributed by atoms with Crippen molar-refractivity contribution in [1.29, 1.82) is 0 Å². The minimum Gasteiger partial charge on any atom is -0.353 e. The molecule has 2 aromatic rings. The molecule has 2 aromatic carbocycles. The van der Waals surface area contributed by atoms with E-state index < -0.39 is 0 Å². The van der Waals surface area contributed by atoms with Crippen LogP contribution in [0.4, 0.5) is 5.69 Å². The number of nitrogens with one attached hydrogen (secondary N) is 1. The second-order valence-electron chi connectivity index (χ2n) is 8.80. The number of hydrogen-bond acceptors (Lipinski definition) is 3. The molecule has 0 unspecified atom stereocenters. The van der Waals surface area contributed by atoms with Gasteiger partial charge in [-0.25, -0.2) is 0 Å². The molecular weight excluding hydrogens is 374 g/mol. The third kappa shape index (κ3) is 4.90. The number of aryl methyl sites for hydroxylation is 2. The zero-order valence-corrected chi connectivity index (χ0v) is 17.9. The van der Waals surface area contributed by atoms with E-state index in [1.807, 2.05) is 32.0 Å².